The molecule has 0 radical (unpaired) electrons. The van der Waals surface area contributed by atoms with Crippen molar-refractivity contribution in [1.29, 1.82) is 0 Å². The van der Waals surface area contributed by atoms with Gasteiger partial charge in [-0.2, -0.15) is 0 Å². The Morgan fingerprint density at radius 1 is 1.57 bits per heavy atom. The molecule has 76 valence electrons. The van der Waals surface area contributed by atoms with Gasteiger partial charge in [0.25, 0.3) is 5.91 Å². The van der Waals surface area contributed by atoms with Gasteiger partial charge in [-0.25, -0.2) is 0 Å². The van der Waals surface area contributed by atoms with Gasteiger partial charge in [-0.1, -0.05) is 15.9 Å². The van der Waals surface area contributed by atoms with E-state index in [4.69, 9.17) is 10.8 Å². The number of nitrogens with two attached hydrogens (primary N) is 1. The molecule has 0 aliphatic heterocycles. The normalized spacial score (nSPS) is 9.86. The Kier molecular flexibility index (Phi) is 3.91. The van der Waals surface area contributed by atoms with Crippen molar-refractivity contribution >= 4 is 27.5 Å². The lowest BCUT2D eigenvalue weighted by Crippen LogP contribution is -2.15. The predicted molar refractivity (Wildman–Crippen MR) is 58.2 cm³/mol. The van der Waals surface area contributed by atoms with E-state index in [2.05, 4.69) is 21.2 Å². The van der Waals surface area contributed by atoms with Gasteiger partial charge in [-0.05, 0) is 18.2 Å². The van der Waals surface area contributed by atoms with Crippen LogP contribution in [-0.2, 0) is 0 Å². The molecule has 4 N–H and O–H groups in total. The van der Waals surface area contributed by atoms with E-state index >= 15 is 0 Å². The van der Waals surface area contributed by atoms with E-state index in [1.165, 1.54) is 0 Å². The lowest BCUT2D eigenvalue weighted by atomic mass is 10.1. The Hall–Kier alpha value is -1.07. The summed E-state index contributed by atoms with van der Waals surface area (Å²) in [5, 5.41) is 11.5. The van der Waals surface area contributed by atoms with E-state index in [9.17, 15) is 4.79 Å². The highest BCUT2D eigenvalue weighted by Gasteiger charge is 2.07. The van der Waals surface area contributed by atoms with E-state index in [1.807, 2.05) is 0 Å². The second-order valence-electron chi connectivity index (χ2n) is 2.70. The molecule has 0 heterocycles. The number of nitrogens with one attached hydrogen (secondary N) is 1. The molecule has 5 heteroatoms. The van der Waals surface area contributed by atoms with Gasteiger partial charge in [0.2, 0.25) is 0 Å². The number of rotatable bonds is 4. The van der Waals surface area contributed by atoms with E-state index in [0.29, 0.717) is 17.8 Å². The quantitative estimate of drug-likeness (QED) is 0.753. The summed E-state index contributed by atoms with van der Waals surface area (Å²) in [6, 6.07) is 5.17. The minimum absolute atomic E-state index is 0.00820. The van der Waals surface area contributed by atoms with Crippen LogP contribution >= 0.6 is 15.9 Å². The first kappa shape index (κ1) is 11.0. The molecule has 0 aliphatic rings. The van der Waals surface area contributed by atoms with E-state index in [0.717, 1.165) is 4.47 Å². The van der Waals surface area contributed by atoms with Crippen molar-refractivity contribution in [3.05, 3.63) is 28.2 Å². The molecule has 0 spiro atoms. The summed E-state index contributed by atoms with van der Waals surface area (Å²) in [6.45, 7) is 0.399. The first-order valence-electron chi connectivity index (χ1n) is 4.09. The second kappa shape index (κ2) is 4.97. The van der Waals surface area contributed by atoms with E-state index in [1.54, 1.807) is 18.2 Å². The summed E-state index contributed by atoms with van der Waals surface area (Å²) >= 11 is 3.25. The highest BCUT2D eigenvalue weighted by Crippen LogP contribution is 2.20. The SMILES string of the molecule is NC(=O)c1cc(Br)ccc1NCCO. The van der Waals surface area contributed by atoms with Gasteiger partial charge in [0.15, 0.2) is 0 Å². The van der Waals surface area contributed by atoms with Crippen LogP contribution in [0.15, 0.2) is 22.7 Å². The fourth-order valence-corrected chi connectivity index (χ4v) is 1.43. The van der Waals surface area contributed by atoms with Gasteiger partial charge in [0, 0.05) is 16.7 Å². The third-order valence-corrected chi connectivity index (χ3v) is 2.17. The van der Waals surface area contributed by atoms with Crippen LogP contribution in [0.5, 0.6) is 0 Å². The zero-order chi connectivity index (χ0) is 10.6. The van der Waals surface area contributed by atoms with Gasteiger partial charge in [0.05, 0.1) is 12.2 Å². The Labute approximate surface area is 90.2 Å². The molecule has 1 aromatic carbocycles. The zero-order valence-electron chi connectivity index (χ0n) is 7.46. The number of carbonyl (C=O) groups is 1. The minimum atomic E-state index is -0.494. The Morgan fingerprint density at radius 2 is 2.29 bits per heavy atom. The second-order valence-corrected chi connectivity index (χ2v) is 3.62. The number of amides is 1. The summed E-state index contributed by atoms with van der Waals surface area (Å²) in [5.41, 5.74) is 6.24. The number of hydrogen-bond acceptors (Lipinski definition) is 3. The van der Waals surface area contributed by atoms with Crippen LogP contribution in [0.25, 0.3) is 0 Å². The van der Waals surface area contributed by atoms with Crippen LogP contribution < -0.4 is 11.1 Å². The number of benzene rings is 1. The molecule has 0 saturated carbocycles. The first-order valence-corrected chi connectivity index (χ1v) is 4.88. The summed E-state index contributed by atoms with van der Waals surface area (Å²) < 4.78 is 0.792. The van der Waals surface area contributed by atoms with Gasteiger partial charge in [-0.15, -0.1) is 0 Å². The van der Waals surface area contributed by atoms with Crippen molar-refractivity contribution in [2.75, 3.05) is 18.5 Å². The maximum absolute atomic E-state index is 11.0. The molecule has 0 fully saturated rings. The predicted octanol–water partition coefficient (Wildman–Crippen LogP) is 0.952. The number of hydrogen-bond donors (Lipinski definition) is 3. The van der Waals surface area contributed by atoms with Crippen molar-refractivity contribution in [3.8, 4) is 0 Å². The number of halogens is 1. The zero-order valence-corrected chi connectivity index (χ0v) is 9.04. The number of aliphatic hydroxyl groups is 1. The van der Waals surface area contributed by atoms with Crippen molar-refractivity contribution in [1.82, 2.24) is 0 Å². The number of primary amides is 1. The number of carbonyl (C=O) groups excluding carboxylic acids is 1. The van der Waals surface area contributed by atoms with Crippen molar-refractivity contribution in [3.63, 3.8) is 0 Å². The molecule has 1 amide bonds. The van der Waals surface area contributed by atoms with Crippen LogP contribution in [0.3, 0.4) is 0 Å². The standard InChI is InChI=1S/C9H11BrN2O2/c10-6-1-2-8(12-3-4-13)7(5-6)9(11)14/h1-2,5,12-13H,3-4H2,(H2,11,14). The van der Waals surface area contributed by atoms with Crippen LogP contribution in [-0.4, -0.2) is 24.2 Å². The lowest BCUT2D eigenvalue weighted by molar-refractivity contribution is 0.100. The monoisotopic (exact) mass is 258 g/mol. The molecule has 0 aliphatic carbocycles. The summed E-state index contributed by atoms with van der Waals surface area (Å²) in [7, 11) is 0. The Morgan fingerprint density at radius 3 is 2.86 bits per heavy atom. The number of anilines is 1. The molecular weight excluding hydrogens is 248 g/mol. The third-order valence-electron chi connectivity index (χ3n) is 1.67. The van der Waals surface area contributed by atoms with Gasteiger partial charge >= 0.3 is 0 Å². The van der Waals surface area contributed by atoms with Crippen molar-refractivity contribution in [2.24, 2.45) is 5.73 Å². The molecule has 0 saturated heterocycles. The van der Waals surface area contributed by atoms with Crippen molar-refractivity contribution < 1.29 is 9.90 Å². The highest BCUT2D eigenvalue weighted by atomic mass is 79.9. The minimum Gasteiger partial charge on any atom is -0.395 e. The lowest BCUT2D eigenvalue weighted by Gasteiger charge is -2.08. The van der Waals surface area contributed by atoms with Crippen LogP contribution in [0, 0.1) is 0 Å². The summed E-state index contributed by atoms with van der Waals surface area (Å²) in [4.78, 5) is 11.0. The maximum Gasteiger partial charge on any atom is 0.250 e. The maximum atomic E-state index is 11.0. The molecule has 0 bridgehead atoms. The van der Waals surface area contributed by atoms with E-state index in [-0.39, 0.29) is 6.61 Å². The molecule has 0 unspecified atom stereocenters. The Bertz CT molecular complexity index is 342. The average molecular weight is 259 g/mol. The van der Waals surface area contributed by atoms with E-state index < -0.39 is 5.91 Å². The number of aliphatic hydroxyl groups excluding tert-OH is 1. The fraction of sp³-hybridized carbons (Fsp3) is 0.222. The molecule has 14 heavy (non-hydrogen) atoms. The van der Waals surface area contributed by atoms with Gasteiger partial charge in [-0.3, -0.25) is 4.79 Å². The highest BCUT2D eigenvalue weighted by molar-refractivity contribution is 9.10. The molecule has 0 atom stereocenters. The average Bonchev–Trinajstić information content (AvgIpc) is 2.15. The van der Waals surface area contributed by atoms with Crippen molar-refractivity contribution in [2.45, 2.75) is 0 Å². The van der Waals surface area contributed by atoms with Crippen LogP contribution in [0.4, 0.5) is 5.69 Å². The van der Waals surface area contributed by atoms with Gasteiger partial charge in [0.1, 0.15) is 0 Å². The van der Waals surface area contributed by atoms with Crippen LogP contribution in [0.1, 0.15) is 10.4 Å². The largest absolute Gasteiger partial charge is 0.395 e. The molecule has 4 nitrogen and oxygen atoms in total. The van der Waals surface area contributed by atoms with Gasteiger partial charge < -0.3 is 16.2 Å². The first-order chi connectivity index (χ1) is 6.65. The molecule has 0 aromatic heterocycles. The smallest absolute Gasteiger partial charge is 0.250 e. The summed E-state index contributed by atoms with van der Waals surface area (Å²) in [5.74, 6) is -0.494. The van der Waals surface area contributed by atoms with Crippen LogP contribution in [0.2, 0.25) is 0 Å². The Balaban J connectivity index is 2.96. The summed E-state index contributed by atoms with van der Waals surface area (Å²) in [6.07, 6.45) is 0. The topological polar surface area (TPSA) is 75.4 Å². The molecular formula is C9H11BrN2O2. The molecule has 1 rings (SSSR count). The molecule has 1 aromatic rings. The fourth-order valence-electron chi connectivity index (χ4n) is 1.07. The third kappa shape index (κ3) is 2.71.